The Balaban J connectivity index is 2.02. The molecule has 0 N–H and O–H groups in total. The molecule has 0 aliphatic heterocycles. The summed E-state index contributed by atoms with van der Waals surface area (Å²) in [6, 6.07) is 14.0. The number of hydrogen-bond donors (Lipinski definition) is 0. The number of halogens is 3. The molecule has 0 fully saturated rings. The van der Waals surface area contributed by atoms with E-state index in [9.17, 15) is 18.4 Å². The van der Waals surface area contributed by atoms with Crippen LogP contribution in [0.5, 0.6) is 0 Å². The second-order valence-corrected chi connectivity index (χ2v) is 6.13. The Kier molecular flexibility index (Phi) is 4.26. The van der Waals surface area contributed by atoms with Crippen LogP contribution in [0.15, 0.2) is 42.5 Å². The Morgan fingerprint density at radius 2 is 1.80 bits per heavy atom. The van der Waals surface area contributed by atoms with Gasteiger partial charge < -0.3 is 0 Å². The molecule has 0 unspecified atom stereocenters. The van der Waals surface area contributed by atoms with Crippen LogP contribution in [0.2, 0.25) is 0 Å². The van der Waals surface area contributed by atoms with Gasteiger partial charge in [-0.3, -0.25) is 0 Å². The predicted molar refractivity (Wildman–Crippen MR) is 89.3 cm³/mol. The average Bonchev–Trinajstić information content (AvgIpc) is 3.02. The molecule has 7 heteroatoms. The molecule has 1 aromatic heterocycles. The van der Waals surface area contributed by atoms with Gasteiger partial charge in [-0.15, -0.1) is 11.3 Å². The lowest BCUT2D eigenvalue weighted by molar-refractivity contribution is -0.137. The summed E-state index contributed by atoms with van der Waals surface area (Å²) in [5.41, 5.74) is 0.878. The molecule has 122 valence electrons. The first-order chi connectivity index (χ1) is 11.9. The Bertz CT molecular complexity index is 1050. The van der Waals surface area contributed by atoms with Gasteiger partial charge >= 0.3 is 6.18 Å². The number of hydrogen-bond acceptors (Lipinski definition) is 4. The summed E-state index contributed by atoms with van der Waals surface area (Å²) in [7, 11) is 0. The molecule has 2 aromatic carbocycles. The van der Waals surface area contributed by atoms with Crippen LogP contribution in [0.25, 0.3) is 21.9 Å². The van der Waals surface area contributed by atoms with E-state index in [1.165, 1.54) is 6.07 Å². The molecule has 0 saturated carbocycles. The van der Waals surface area contributed by atoms with Gasteiger partial charge in [0.2, 0.25) is 0 Å². The summed E-state index contributed by atoms with van der Waals surface area (Å²) < 4.78 is 38.9. The van der Waals surface area contributed by atoms with Crippen molar-refractivity contribution in [1.29, 1.82) is 10.5 Å². The zero-order valence-electron chi connectivity index (χ0n) is 12.5. The van der Waals surface area contributed by atoms with E-state index in [0.29, 0.717) is 20.8 Å². The monoisotopic (exact) mass is 355 g/mol. The quantitative estimate of drug-likeness (QED) is 0.590. The van der Waals surface area contributed by atoms with Crippen LogP contribution in [-0.2, 0) is 6.18 Å². The Labute approximate surface area is 144 Å². The lowest BCUT2D eigenvalue weighted by atomic mass is 10.1. The number of nitriles is 2. The number of benzene rings is 2. The van der Waals surface area contributed by atoms with Crippen LogP contribution in [0.1, 0.15) is 21.7 Å². The number of alkyl halides is 3. The van der Waals surface area contributed by atoms with Gasteiger partial charge in [0.25, 0.3) is 0 Å². The average molecular weight is 355 g/mol. The minimum atomic E-state index is -4.44. The topological polar surface area (TPSA) is 60.5 Å². The van der Waals surface area contributed by atoms with Crippen LogP contribution in [0.3, 0.4) is 0 Å². The van der Waals surface area contributed by atoms with Gasteiger partial charge in [-0.2, -0.15) is 23.7 Å². The summed E-state index contributed by atoms with van der Waals surface area (Å²) in [5, 5.41) is 18.5. The maximum atomic E-state index is 12.8. The normalized spacial score (nSPS) is 12.0. The number of aromatic nitrogens is 1. The van der Waals surface area contributed by atoms with E-state index in [2.05, 4.69) is 4.98 Å². The van der Waals surface area contributed by atoms with Crippen molar-refractivity contribution in [3.63, 3.8) is 0 Å². The molecule has 0 bridgehead atoms. The summed E-state index contributed by atoms with van der Waals surface area (Å²) in [5.74, 6) is 0. The highest BCUT2D eigenvalue weighted by atomic mass is 32.1. The summed E-state index contributed by atoms with van der Waals surface area (Å²) in [6.45, 7) is 0. The van der Waals surface area contributed by atoms with Gasteiger partial charge in [-0.05, 0) is 42.0 Å². The van der Waals surface area contributed by atoms with Crippen molar-refractivity contribution in [2.45, 2.75) is 6.18 Å². The molecule has 1 heterocycles. The maximum Gasteiger partial charge on any atom is 0.416 e. The van der Waals surface area contributed by atoms with E-state index in [0.717, 1.165) is 23.5 Å². The molecule has 25 heavy (non-hydrogen) atoms. The van der Waals surface area contributed by atoms with Crippen molar-refractivity contribution in [1.82, 2.24) is 4.98 Å². The number of fused-ring (bicyclic) bond motifs is 1. The minimum Gasteiger partial charge on any atom is -0.235 e. The van der Waals surface area contributed by atoms with E-state index >= 15 is 0 Å². The first-order valence-corrected chi connectivity index (χ1v) is 7.82. The van der Waals surface area contributed by atoms with Gasteiger partial charge in [-0.1, -0.05) is 12.1 Å². The predicted octanol–water partition coefficient (Wildman–Crippen LogP) is 5.25. The van der Waals surface area contributed by atoms with Crippen molar-refractivity contribution < 1.29 is 13.2 Å². The third kappa shape index (κ3) is 3.52. The number of thiazole rings is 1. The molecule has 0 atom stereocenters. The Morgan fingerprint density at radius 1 is 1.08 bits per heavy atom. The molecule has 0 aliphatic carbocycles. The summed E-state index contributed by atoms with van der Waals surface area (Å²) >= 11 is 1.15. The van der Waals surface area contributed by atoms with Crippen LogP contribution < -0.4 is 0 Å². The van der Waals surface area contributed by atoms with E-state index in [-0.39, 0.29) is 11.1 Å². The molecule has 0 radical (unpaired) electrons. The van der Waals surface area contributed by atoms with E-state index in [4.69, 9.17) is 5.26 Å². The van der Waals surface area contributed by atoms with E-state index in [1.54, 1.807) is 30.3 Å². The first-order valence-electron chi connectivity index (χ1n) is 7.01. The van der Waals surface area contributed by atoms with Crippen LogP contribution >= 0.6 is 11.3 Å². The minimum absolute atomic E-state index is 0.204. The molecule has 0 aliphatic rings. The molecule has 3 nitrogen and oxygen atoms in total. The third-order valence-corrected chi connectivity index (χ3v) is 4.49. The van der Waals surface area contributed by atoms with Gasteiger partial charge in [0.05, 0.1) is 33.0 Å². The number of allylic oxidation sites excluding steroid dienone is 1. The highest BCUT2D eigenvalue weighted by molar-refractivity contribution is 7.19. The standard InChI is InChI=1S/C18H8F3N3S/c19-18(20,21)14-5-6-16-15(8-14)24-17(25-16)13(10-23)7-11-1-3-12(9-22)4-2-11/h1-8H/b13-7+. The maximum absolute atomic E-state index is 12.8. The van der Waals surface area contributed by atoms with Crippen molar-refractivity contribution in [2.75, 3.05) is 0 Å². The fourth-order valence-electron chi connectivity index (χ4n) is 2.18. The summed E-state index contributed by atoms with van der Waals surface area (Å²) in [4.78, 5) is 4.16. The highest BCUT2D eigenvalue weighted by Crippen LogP contribution is 2.34. The molecule has 0 saturated heterocycles. The fourth-order valence-corrected chi connectivity index (χ4v) is 3.09. The molecule has 0 amide bonds. The van der Waals surface area contributed by atoms with Crippen molar-refractivity contribution in [2.24, 2.45) is 0 Å². The molecular formula is C18H8F3N3S. The van der Waals surface area contributed by atoms with Gasteiger partial charge in [0.1, 0.15) is 11.1 Å². The molecule has 3 aromatic rings. The van der Waals surface area contributed by atoms with Crippen molar-refractivity contribution in [3.8, 4) is 12.1 Å². The van der Waals surface area contributed by atoms with E-state index in [1.807, 2.05) is 12.1 Å². The third-order valence-electron chi connectivity index (χ3n) is 3.42. The second kappa shape index (κ2) is 6.39. The Morgan fingerprint density at radius 3 is 2.40 bits per heavy atom. The number of nitrogens with zero attached hydrogens (tertiary/aromatic N) is 3. The fraction of sp³-hybridized carbons (Fsp3) is 0.0556. The van der Waals surface area contributed by atoms with Crippen molar-refractivity contribution in [3.05, 3.63) is 64.2 Å². The lowest BCUT2D eigenvalue weighted by Gasteiger charge is -2.04. The van der Waals surface area contributed by atoms with Crippen molar-refractivity contribution >= 4 is 33.2 Å². The highest BCUT2D eigenvalue weighted by Gasteiger charge is 2.30. The zero-order valence-corrected chi connectivity index (χ0v) is 13.3. The van der Waals surface area contributed by atoms with Crippen LogP contribution in [0, 0.1) is 22.7 Å². The van der Waals surface area contributed by atoms with Crippen LogP contribution in [0.4, 0.5) is 13.2 Å². The van der Waals surface area contributed by atoms with Crippen LogP contribution in [-0.4, -0.2) is 4.98 Å². The molecular weight excluding hydrogens is 347 g/mol. The smallest absolute Gasteiger partial charge is 0.235 e. The van der Waals surface area contributed by atoms with Gasteiger partial charge in [0.15, 0.2) is 0 Å². The van der Waals surface area contributed by atoms with Gasteiger partial charge in [0, 0.05) is 0 Å². The lowest BCUT2D eigenvalue weighted by Crippen LogP contribution is -2.03. The van der Waals surface area contributed by atoms with E-state index < -0.39 is 11.7 Å². The summed E-state index contributed by atoms with van der Waals surface area (Å²) in [6.07, 6.45) is -2.85. The van der Waals surface area contributed by atoms with Gasteiger partial charge in [-0.25, -0.2) is 4.98 Å². The SMILES string of the molecule is N#C/C(=C\c1ccc(C#N)cc1)c1nc2cc(C(F)(F)F)ccc2s1. The Hall–Kier alpha value is -3.16. The zero-order chi connectivity index (χ0) is 18.0. The first kappa shape index (κ1) is 16.7. The largest absolute Gasteiger partial charge is 0.416 e. The molecule has 3 rings (SSSR count). The second-order valence-electron chi connectivity index (χ2n) is 5.10. The number of rotatable bonds is 2. The molecule has 0 spiro atoms.